The maximum absolute atomic E-state index is 11.6. The SMILES string of the molecule is CCSCCOP(=O)([O-])c1ccccc1. The summed E-state index contributed by atoms with van der Waals surface area (Å²) < 4.78 is 16.5. The van der Waals surface area contributed by atoms with Crippen LogP contribution < -0.4 is 10.2 Å². The van der Waals surface area contributed by atoms with E-state index in [0.29, 0.717) is 5.75 Å². The molecule has 1 aromatic carbocycles. The zero-order valence-electron chi connectivity index (χ0n) is 8.59. The van der Waals surface area contributed by atoms with Gasteiger partial charge in [0.05, 0.1) is 6.61 Å². The zero-order valence-corrected chi connectivity index (χ0v) is 10.3. The van der Waals surface area contributed by atoms with Crippen LogP contribution in [0.1, 0.15) is 6.92 Å². The van der Waals surface area contributed by atoms with Crippen molar-refractivity contribution in [1.82, 2.24) is 0 Å². The molecule has 0 radical (unpaired) electrons. The lowest BCUT2D eigenvalue weighted by Gasteiger charge is -2.23. The average Bonchev–Trinajstić information content (AvgIpc) is 2.26. The molecule has 0 heterocycles. The summed E-state index contributed by atoms with van der Waals surface area (Å²) in [7, 11) is -3.85. The van der Waals surface area contributed by atoms with Gasteiger partial charge >= 0.3 is 0 Å². The van der Waals surface area contributed by atoms with Gasteiger partial charge in [0, 0.05) is 11.1 Å². The lowest BCUT2D eigenvalue weighted by molar-refractivity contribution is -0.193. The van der Waals surface area contributed by atoms with Crippen molar-refractivity contribution < 1.29 is 14.0 Å². The van der Waals surface area contributed by atoms with Crippen molar-refractivity contribution in [1.29, 1.82) is 0 Å². The minimum Gasteiger partial charge on any atom is -0.775 e. The molecular weight excluding hydrogens is 231 g/mol. The predicted molar refractivity (Wildman–Crippen MR) is 62.6 cm³/mol. The second-order valence-electron chi connectivity index (χ2n) is 2.86. The highest BCUT2D eigenvalue weighted by atomic mass is 32.2. The second-order valence-corrected chi connectivity index (χ2v) is 6.03. The third-order valence-electron chi connectivity index (χ3n) is 1.77. The number of hydrogen-bond donors (Lipinski definition) is 0. The monoisotopic (exact) mass is 245 g/mol. The van der Waals surface area contributed by atoms with Crippen molar-refractivity contribution in [2.24, 2.45) is 0 Å². The summed E-state index contributed by atoms with van der Waals surface area (Å²) in [4.78, 5) is 11.6. The maximum Gasteiger partial charge on any atom is 0.165 e. The molecule has 0 fully saturated rings. The summed E-state index contributed by atoms with van der Waals surface area (Å²) in [6.45, 7) is 2.27. The van der Waals surface area contributed by atoms with Gasteiger partial charge in [-0.15, -0.1) is 0 Å². The first kappa shape index (κ1) is 12.8. The van der Waals surface area contributed by atoms with Crippen LogP contribution in [0.3, 0.4) is 0 Å². The molecule has 15 heavy (non-hydrogen) atoms. The highest BCUT2D eigenvalue weighted by Gasteiger charge is 2.10. The zero-order chi connectivity index (χ0) is 11.1. The largest absolute Gasteiger partial charge is 0.775 e. The molecule has 1 unspecified atom stereocenters. The fraction of sp³-hybridized carbons (Fsp3) is 0.400. The summed E-state index contributed by atoms with van der Waals surface area (Å²) in [6.07, 6.45) is 0. The van der Waals surface area contributed by atoms with Crippen molar-refractivity contribution >= 4 is 24.7 Å². The molecule has 5 heteroatoms. The van der Waals surface area contributed by atoms with Crippen molar-refractivity contribution in [2.75, 3.05) is 18.1 Å². The minimum atomic E-state index is -3.85. The van der Waals surface area contributed by atoms with Crippen LogP contribution in [0.2, 0.25) is 0 Å². The van der Waals surface area contributed by atoms with Crippen molar-refractivity contribution in [2.45, 2.75) is 6.92 Å². The molecule has 0 bridgehead atoms. The summed E-state index contributed by atoms with van der Waals surface area (Å²) in [6, 6.07) is 8.23. The Bertz CT molecular complexity index is 329. The number of rotatable bonds is 6. The van der Waals surface area contributed by atoms with Gasteiger partial charge in [0.1, 0.15) is 0 Å². The van der Waals surface area contributed by atoms with Crippen molar-refractivity contribution in [3.63, 3.8) is 0 Å². The molecule has 0 N–H and O–H groups in total. The van der Waals surface area contributed by atoms with Gasteiger partial charge in [0.25, 0.3) is 0 Å². The van der Waals surface area contributed by atoms with Gasteiger partial charge in [-0.05, 0) is 5.75 Å². The van der Waals surface area contributed by atoms with E-state index in [1.54, 1.807) is 42.1 Å². The maximum atomic E-state index is 11.6. The molecule has 0 amide bonds. The molecule has 0 spiro atoms. The summed E-state index contributed by atoms with van der Waals surface area (Å²) >= 11 is 1.66. The van der Waals surface area contributed by atoms with Gasteiger partial charge in [-0.25, -0.2) is 0 Å². The Morgan fingerprint density at radius 1 is 1.40 bits per heavy atom. The highest BCUT2D eigenvalue weighted by Crippen LogP contribution is 2.35. The van der Waals surface area contributed by atoms with E-state index in [1.807, 2.05) is 6.92 Å². The van der Waals surface area contributed by atoms with E-state index in [2.05, 4.69) is 0 Å². The van der Waals surface area contributed by atoms with Crippen LogP contribution >= 0.6 is 19.4 Å². The van der Waals surface area contributed by atoms with E-state index < -0.39 is 7.60 Å². The van der Waals surface area contributed by atoms with Crippen LogP contribution in [0, 0.1) is 0 Å². The van der Waals surface area contributed by atoms with Crippen LogP contribution in [-0.4, -0.2) is 18.1 Å². The Balaban J connectivity index is 2.49. The van der Waals surface area contributed by atoms with Crippen molar-refractivity contribution in [3.05, 3.63) is 30.3 Å². The predicted octanol–water partition coefficient (Wildman–Crippen LogP) is 1.63. The Labute approximate surface area is 94.4 Å². The van der Waals surface area contributed by atoms with E-state index in [1.165, 1.54) is 0 Å². The minimum absolute atomic E-state index is 0.242. The Hall–Kier alpha value is -0.280. The van der Waals surface area contributed by atoms with Crippen LogP contribution in [0.4, 0.5) is 0 Å². The molecule has 0 saturated carbocycles. The smallest absolute Gasteiger partial charge is 0.165 e. The number of hydrogen-bond acceptors (Lipinski definition) is 4. The van der Waals surface area contributed by atoms with Gasteiger partial charge in [-0.2, -0.15) is 11.8 Å². The molecule has 84 valence electrons. The second kappa shape index (κ2) is 6.33. The Kier molecular flexibility index (Phi) is 5.40. The lowest BCUT2D eigenvalue weighted by Crippen LogP contribution is -2.18. The van der Waals surface area contributed by atoms with E-state index >= 15 is 0 Å². The van der Waals surface area contributed by atoms with Crippen LogP contribution in [0.15, 0.2) is 30.3 Å². The fourth-order valence-corrected chi connectivity index (χ4v) is 2.68. The van der Waals surface area contributed by atoms with Gasteiger partial charge in [0.15, 0.2) is 7.60 Å². The van der Waals surface area contributed by atoms with E-state index in [0.717, 1.165) is 5.75 Å². The number of thioether (sulfide) groups is 1. The third-order valence-corrected chi connectivity index (χ3v) is 4.08. The molecule has 0 aliphatic carbocycles. The van der Waals surface area contributed by atoms with E-state index in [-0.39, 0.29) is 11.9 Å². The van der Waals surface area contributed by atoms with E-state index in [9.17, 15) is 9.46 Å². The van der Waals surface area contributed by atoms with Crippen molar-refractivity contribution in [3.8, 4) is 0 Å². The van der Waals surface area contributed by atoms with Gasteiger partial charge < -0.3 is 14.0 Å². The first-order valence-corrected chi connectivity index (χ1v) is 7.45. The molecule has 0 aromatic heterocycles. The Morgan fingerprint density at radius 2 is 2.07 bits per heavy atom. The summed E-state index contributed by atoms with van der Waals surface area (Å²) in [5, 5.41) is 0.242. The Morgan fingerprint density at radius 3 is 2.67 bits per heavy atom. The molecule has 0 saturated heterocycles. The standard InChI is InChI=1S/C10H15O3PS/c1-2-15-9-8-13-14(11,12)10-6-4-3-5-7-10/h3-7H,2,8-9H2,1H3,(H,11,12)/p-1. The topological polar surface area (TPSA) is 49.4 Å². The lowest BCUT2D eigenvalue weighted by atomic mass is 10.4. The molecule has 0 aliphatic heterocycles. The molecular formula is C10H14O3PS-. The average molecular weight is 245 g/mol. The summed E-state index contributed by atoms with van der Waals surface area (Å²) in [5.74, 6) is 1.67. The van der Waals surface area contributed by atoms with Gasteiger partial charge in [-0.3, -0.25) is 0 Å². The summed E-state index contributed by atoms with van der Waals surface area (Å²) in [5.41, 5.74) is 0. The van der Waals surface area contributed by atoms with Crippen LogP contribution in [0.25, 0.3) is 0 Å². The van der Waals surface area contributed by atoms with Crippen LogP contribution in [0.5, 0.6) is 0 Å². The molecule has 1 rings (SSSR count). The molecule has 1 atom stereocenters. The molecule has 1 aromatic rings. The number of benzene rings is 1. The van der Waals surface area contributed by atoms with Gasteiger partial charge in [-0.1, -0.05) is 37.3 Å². The molecule has 3 nitrogen and oxygen atoms in total. The normalized spacial score (nSPS) is 14.8. The van der Waals surface area contributed by atoms with Gasteiger partial charge in [0.2, 0.25) is 0 Å². The first-order chi connectivity index (χ1) is 7.17. The molecule has 0 aliphatic rings. The fourth-order valence-electron chi connectivity index (χ4n) is 1.05. The quantitative estimate of drug-likeness (QED) is 0.564. The third kappa shape index (κ3) is 4.39. The highest BCUT2D eigenvalue weighted by molar-refractivity contribution is 7.99. The first-order valence-electron chi connectivity index (χ1n) is 4.76. The van der Waals surface area contributed by atoms with Crippen LogP contribution in [-0.2, 0) is 9.09 Å². The van der Waals surface area contributed by atoms with E-state index in [4.69, 9.17) is 4.52 Å².